The SMILES string of the molecule is Cc1c(Cl)cccc1Nc1ccnc(C(N)=S)c1. The zero-order valence-corrected chi connectivity index (χ0v) is 11.3. The number of hydrogen-bond donors (Lipinski definition) is 2. The molecule has 0 radical (unpaired) electrons. The summed E-state index contributed by atoms with van der Waals surface area (Å²) in [5, 5.41) is 3.99. The molecule has 18 heavy (non-hydrogen) atoms. The third-order valence-electron chi connectivity index (χ3n) is 2.56. The smallest absolute Gasteiger partial charge is 0.122 e. The summed E-state index contributed by atoms with van der Waals surface area (Å²) in [5.74, 6) is 0. The van der Waals surface area contributed by atoms with Gasteiger partial charge in [-0.1, -0.05) is 29.9 Å². The summed E-state index contributed by atoms with van der Waals surface area (Å²) in [4.78, 5) is 4.37. The number of nitrogens with one attached hydrogen (secondary N) is 1. The maximum Gasteiger partial charge on any atom is 0.122 e. The highest BCUT2D eigenvalue weighted by Gasteiger charge is 2.04. The van der Waals surface area contributed by atoms with Crippen LogP contribution in [0, 0.1) is 6.92 Å². The minimum atomic E-state index is 0.279. The Kier molecular flexibility index (Phi) is 3.79. The second-order valence-electron chi connectivity index (χ2n) is 3.83. The van der Waals surface area contributed by atoms with E-state index in [0.717, 1.165) is 22.0 Å². The van der Waals surface area contributed by atoms with Crippen LogP contribution in [0.1, 0.15) is 11.3 Å². The molecule has 0 amide bonds. The molecule has 0 unspecified atom stereocenters. The van der Waals surface area contributed by atoms with Crippen LogP contribution in [0.5, 0.6) is 0 Å². The van der Waals surface area contributed by atoms with Crippen LogP contribution in [0.3, 0.4) is 0 Å². The minimum absolute atomic E-state index is 0.279. The Bertz CT molecular complexity index is 599. The number of thiocarbonyl (C=S) groups is 1. The molecule has 0 bridgehead atoms. The summed E-state index contributed by atoms with van der Waals surface area (Å²) in [7, 11) is 0. The number of nitrogens with zero attached hydrogens (tertiary/aromatic N) is 1. The van der Waals surface area contributed by atoms with E-state index in [1.807, 2.05) is 37.3 Å². The molecule has 3 N–H and O–H groups in total. The normalized spacial score (nSPS) is 10.1. The van der Waals surface area contributed by atoms with Crippen molar-refractivity contribution in [2.75, 3.05) is 5.32 Å². The highest BCUT2D eigenvalue weighted by Crippen LogP contribution is 2.26. The number of halogens is 1. The quantitative estimate of drug-likeness (QED) is 0.844. The zero-order chi connectivity index (χ0) is 13.1. The predicted molar refractivity (Wildman–Crippen MR) is 79.6 cm³/mol. The molecule has 92 valence electrons. The topological polar surface area (TPSA) is 50.9 Å². The molecule has 0 saturated carbocycles. The first-order chi connectivity index (χ1) is 8.58. The van der Waals surface area contributed by atoms with Gasteiger partial charge in [-0.25, -0.2) is 0 Å². The average Bonchev–Trinajstić information content (AvgIpc) is 2.35. The molecule has 0 spiro atoms. The molecule has 2 rings (SSSR count). The van der Waals surface area contributed by atoms with Crippen molar-refractivity contribution in [2.24, 2.45) is 5.73 Å². The van der Waals surface area contributed by atoms with E-state index in [9.17, 15) is 0 Å². The third-order valence-corrected chi connectivity index (χ3v) is 3.18. The van der Waals surface area contributed by atoms with Gasteiger partial charge in [-0.05, 0) is 36.8 Å². The van der Waals surface area contributed by atoms with E-state index in [-0.39, 0.29) is 4.99 Å². The van der Waals surface area contributed by atoms with Crippen molar-refractivity contribution in [1.82, 2.24) is 4.98 Å². The average molecular weight is 278 g/mol. The van der Waals surface area contributed by atoms with Gasteiger partial charge in [0, 0.05) is 22.6 Å². The Hall–Kier alpha value is -1.65. The van der Waals surface area contributed by atoms with E-state index < -0.39 is 0 Å². The number of pyridine rings is 1. The highest BCUT2D eigenvalue weighted by atomic mass is 35.5. The molecule has 0 aliphatic rings. The van der Waals surface area contributed by atoms with Crippen molar-refractivity contribution in [1.29, 1.82) is 0 Å². The summed E-state index contributed by atoms with van der Waals surface area (Å²) in [6, 6.07) is 9.37. The van der Waals surface area contributed by atoms with Crippen molar-refractivity contribution in [3.05, 3.63) is 52.8 Å². The first-order valence-electron chi connectivity index (χ1n) is 5.36. The second-order valence-corrected chi connectivity index (χ2v) is 4.68. The maximum atomic E-state index is 6.07. The summed E-state index contributed by atoms with van der Waals surface area (Å²) in [6.07, 6.45) is 1.66. The number of anilines is 2. The number of hydrogen-bond acceptors (Lipinski definition) is 3. The molecule has 0 atom stereocenters. The Balaban J connectivity index is 2.31. The molecule has 1 aromatic carbocycles. The largest absolute Gasteiger partial charge is 0.388 e. The Morgan fingerprint density at radius 1 is 1.39 bits per heavy atom. The summed E-state index contributed by atoms with van der Waals surface area (Å²) in [6.45, 7) is 1.96. The molecule has 0 aliphatic carbocycles. The van der Waals surface area contributed by atoms with Crippen molar-refractivity contribution >= 4 is 40.2 Å². The molecular weight excluding hydrogens is 266 g/mol. The van der Waals surface area contributed by atoms with Crippen LogP contribution in [0.15, 0.2) is 36.5 Å². The molecule has 2 aromatic rings. The van der Waals surface area contributed by atoms with Crippen LogP contribution in [-0.4, -0.2) is 9.97 Å². The first-order valence-corrected chi connectivity index (χ1v) is 6.14. The number of nitrogens with two attached hydrogens (primary N) is 1. The van der Waals surface area contributed by atoms with Gasteiger partial charge in [-0.3, -0.25) is 4.98 Å². The molecule has 0 saturated heterocycles. The third kappa shape index (κ3) is 2.78. The van der Waals surface area contributed by atoms with Crippen LogP contribution in [0.4, 0.5) is 11.4 Å². The van der Waals surface area contributed by atoms with Crippen LogP contribution < -0.4 is 11.1 Å². The van der Waals surface area contributed by atoms with Gasteiger partial charge in [-0.15, -0.1) is 0 Å². The van der Waals surface area contributed by atoms with Gasteiger partial charge in [0.15, 0.2) is 0 Å². The lowest BCUT2D eigenvalue weighted by molar-refractivity contribution is 1.29. The monoisotopic (exact) mass is 277 g/mol. The Morgan fingerprint density at radius 3 is 2.89 bits per heavy atom. The van der Waals surface area contributed by atoms with E-state index in [1.165, 1.54) is 0 Å². The van der Waals surface area contributed by atoms with Gasteiger partial charge in [-0.2, -0.15) is 0 Å². The van der Waals surface area contributed by atoms with Crippen LogP contribution in [0.25, 0.3) is 0 Å². The van der Waals surface area contributed by atoms with Gasteiger partial charge >= 0.3 is 0 Å². The molecule has 5 heteroatoms. The second kappa shape index (κ2) is 5.33. The van der Waals surface area contributed by atoms with E-state index in [2.05, 4.69) is 10.3 Å². The van der Waals surface area contributed by atoms with Crippen molar-refractivity contribution in [3.8, 4) is 0 Å². The van der Waals surface area contributed by atoms with Crippen molar-refractivity contribution in [3.63, 3.8) is 0 Å². The Morgan fingerprint density at radius 2 is 2.17 bits per heavy atom. The highest BCUT2D eigenvalue weighted by molar-refractivity contribution is 7.80. The fourth-order valence-corrected chi connectivity index (χ4v) is 1.83. The van der Waals surface area contributed by atoms with E-state index in [4.69, 9.17) is 29.6 Å². The van der Waals surface area contributed by atoms with Gasteiger partial charge < -0.3 is 11.1 Å². The predicted octanol–water partition coefficient (Wildman–Crippen LogP) is 3.42. The number of rotatable bonds is 3. The summed E-state index contributed by atoms with van der Waals surface area (Å²) in [5.41, 5.74) is 8.96. The number of benzene rings is 1. The molecule has 1 aromatic heterocycles. The lowest BCUT2D eigenvalue weighted by Crippen LogP contribution is -2.11. The molecule has 3 nitrogen and oxygen atoms in total. The molecule has 0 aliphatic heterocycles. The van der Waals surface area contributed by atoms with Gasteiger partial charge in [0.25, 0.3) is 0 Å². The zero-order valence-electron chi connectivity index (χ0n) is 9.77. The fraction of sp³-hybridized carbons (Fsp3) is 0.0769. The Labute approximate surface area is 116 Å². The lowest BCUT2D eigenvalue weighted by Gasteiger charge is -2.11. The van der Waals surface area contributed by atoms with E-state index in [1.54, 1.807) is 6.20 Å². The van der Waals surface area contributed by atoms with Gasteiger partial charge in [0.1, 0.15) is 4.99 Å². The lowest BCUT2D eigenvalue weighted by atomic mass is 10.2. The van der Waals surface area contributed by atoms with Crippen molar-refractivity contribution < 1.29 is 0 Å². The summed E-state index contributed by atoms with van der Waals surface area (Å²) < 4.78 is 0. The van der Waals surface area contributed by atoms with Crippen LogP contribution in [-0.2, 0) is 0 Å². The van der Waals surface area contributed by atoms with E-state index in [0.29, 0.717) is 5.69 Å². The number of aromatic nitrogens is 1. The first kappa shape index (κ1) is 12.8. The molecule has 1 heterocycles. The standard InChI is InChI=1S/C13H12ClN3S/c1-8-10(14)3-2-4-11(8)17-9-5-6-16-12(7-9)13(15)18/h2-7H,1H3,(H2,15,18)(H,16,17). The fourth-order valence-electron chi connectivity index (χ4n) is 1.54. The van der Waals surface area contributed by atoms with Crippen LogP contribution >= 0.6 is 23.8 Å². The summed E-state index contributed by atoms with van der Waals surface area (Å²) >= 11 is 11.0. The molecule has 0 fully saturated rings. The maximum absolute atomic E-state index is 6.07. The van der Waals surface area contributed by atoms with Gasteiger partial charge in [0.05, 0.1) is 5.69 Å². The van der Waals surface area contributed by atoms with E-state index >= 15 is 0 Å². The van der Waals surface area contributed by atoms with Crippen LogP contribution in [0.2, 0.25) is 5.02 Å². The van der Waals surface area contributed by atoms with Gasteiger partial charge in [0.2, 0.25) is 0 Å². The molecular formula is C13H12ClN3S. The minimum Gasteiger partial charge on any atom is -0.388 e. The van der Waals surface area contributed by atoms with Crippen molar-refractivity contribution in [2.45, 2.75) is 6.92 Å².